The first-order chi connectivity index (χ1) is 17.9. The fourth-order valence-corrected chi connectivity index (χ4v) is 7.59. The molecule has 0 aliphatic rings. The highest BCUT2D eigenvalue weighted by molar-refractivity contribution is 6.52. The fraction of sp³-hybridized carbons (Fsp3) is 0. The van der Waals surface area contributed by atoms with Crippen LogP contribution in [0, 0.1) is 0 Å². The van der Waals surface area contributed by atoms with Gasteiger partial charge in [0.05, 0.1) is 0 Å². The van der Waals surface area contributed by atoms with Crippen LogP contribution >= 0.6 is 0 Å². The van der Waals surface area contributed by atoms with Gasteiger partial charge in [-0.15, -0.1) is 0 Å². The van der Waals surface area contributed by atoms with Gasteiger partial charge in [-0.2, -0.15) is 0 Å². The molecule has 36 heavy (non-hydrogen) atoms. The SMILES string of the molecule is c1ccc2c(c1)c1cccc3c4cccc5c6cccc7c8ccccc8c8cc2c(c13)c(c45)c8c76. The molecule has 0 atom stereocenters. The van der Waals surface area contributed by atoms with E-state index in [2.05, 4.69) is 109 Å². The van der Waals surface area contributed by atoms with Crippen molar-refractivity contribution in [3.63, 3.8) is 0 Å². The van der Waals surface area contributed by atoms with Crippen LogP contribution < -0.4 is 0 Å². The van der Waals surface area contributed by atoms with Crippen LogP contribution in [-0.2, 0) is 0 Å². The number of fused-ring (bicyclic) bond motifs is 8. The molecule has 0 bridgehead atoms. The molecule has 0 radical (unpaired) electrons. The summed E-state index contributed by atoms with van der Waals surface area (Å²) in [5.41, 5.74) is 0. The third-order valence-corrected chi connectivity index (χ3v) is 8.87. The van der Waals surface area contributed by atoms with Gasteiger partial charge in [0.25, 0.3) is 0 Å². The van der Waals surface area contributed by atoms with Gasteiger partial charge in [-0.05, 0) is 103 Å². The van der Waals surface area contributed by atoms with E-state index < -0.39 is 0 Å². The molecular formula is C36H18. The summed E-state index contributed by atoms with van der Waals surface area (Å²) in [6.07, 6.45) is 0. The number of hydrogen-bond acceptors (Lipinski definition) is 0. The van der Waals surface area contributed by atoms with E-state index in [1.165, 1.54) is 97.0 Å². The van der Waals surface area contributed by atoms with E-state index >= 15 is 0 Å². The Bertz CT molecular complexity index is 2340. The first-order valence-corrected chi connectivity index (χ1v) is 12.7. The molecule has 162 valence electrons. The summed E-state index contributed by atoms with van der Waals surface area (Å²) in [5, 5.41) is 24.8. The molecule has 0 spiro atoms. The third-order valence-electron chi connectivity index (χ3n) is 8.87. The molecule has 0 unspecified atom stereocenters. The molecule has 0 heterocycles. The molecule has 10 aromatic carbocycles. The summed E-state index contributed by atoms with van der Waals surface area (Å²) in [6, 6.07) is 41.2. The monoisotopic (exact) mass is 450 g/mol. The molecule has 0 heteroatoms. The Kier molecular flexibility index (Phi) is 2.83. The van der Waals surface area contributed by atoms with Crippen LogP contribution in [0.25, 0.3) is 97.0 Å². The highest BCUT2D eigenvalue weighted by Crippen LogP contribution is 2.53. The van der Waals surface area contributed by atoms with Gasteiger partial charge < -0.3 is 0 Å². The van der Waals surface area contributed by atoms with E-state index in [1.54, 1.807) is 0 Å². The van der Waals surface area contributed by atoms with E-state index in [-0.39, 0.29) is 0 Å². The first kappa shape index (κ1) is 17.7. The highest BCUT2D eigenvalue weighted by atomic mass is 14.3. The number of rotatable bonds is 0. The lowest BCUT2D eigenvalue weighted by Gasteiger charge is -2.24. The summed E-state index contributed by atoms with van der Waals surface area (Å²) in [7, 11) is 0. The van der Waals surface area contributed by atoms with Crippen LogP contribution in [0.15, 0.2) is 109 Å². The minimum absolute atomic E-state index is 1.34. The minimum Gasteiger partial charge on any atom is -0.0616 e. The predicted molar refractivity (Wildman–Crippen MR) is 158 cm³/mol. The minimum atomic E-state index is 1.34. The molecule has 0 aliphatic heterocycles. The van der Waals surface area contributed by atoms with Gasteiger partial charge in [0, 0.05) is 0 Å². The van der Waals surface area contributed by atoms with Gasteiger partial charge in [-0.1, -0.05) is 103 Å². The van der Waals surface area contributed by atoms with Crippen molar-refractivity contribution in [3.05, 3.63) is 109 Å². The van der Waals surface area contributed by atoms with Gasteiger partial charge in [0.15, 0.2) is 0 Å². The maximum absolute atomic E-state index is 2.50. The van der Waals surface area contributed by atoms with E-state index in [4.69, 9.17) is 0 Å². The predicted octanol–water partition coefficient (Wildman–Crippen LogP) is 10.4. The van der Waals surface area contributed by atoms with Gasteiger partial charge in [-0.3, -0.25) is 0 Å². The van der Waals surface area contributed by atoms with Crippen LogP contribution in [0.5, 0.6) is 0 Å². The Morgan fingerprint density at radius 2 is 0.472 bits per heavy atom. The van der Waals surface area contributed by atoms with E-state index in [0.29, 0.717) is 0 Å². The van der Waals surface area contributed by atoms with E-state index in [9.17, 15) is 0 Å². The average molecular weight is 451 g/mol. The molecule has 10 rings (SSSR count). The molecule has 0 N–H and O–H groups in total. The Labute approximate surface area is 206 Å². The van der Waals surface area contributed by atoms with Crippen molar-refractivity contribution in [2.45, 2.75) is 0 Å². The molecule has 0 amide bonds. The van der Waals surface area contributed by atoms with E-state index in [0.717, 1.165) is 0 Å². The maximum atomic E-state index is 2.50. The van der Waals surface area contributed by atoms with Crippen LogP contribution in [0.4, 0.5) is 0 Å². The zero-order chi connectivity index (χ0) is 23.1. The standard InChI is InChI=1S/C36H18/c1-3-10-21-19(8-1)23-12-5-14-25-27-16-7-17-28-26-15-6-13-24-20-9-2-4-11-22(20)30-18-29(21)34(31(23)25)36(33(27)28)35(30)32(24)26/h1-18H. The lowest BCUT2D eigenvalue weighted by Crippen LogP contribution is -1.95. The summed E-state index contributed by atoms with van der Waals surface area (Å²) < 4.78 is 0. The van der Waals surface area contributed by atoms with Crippen molar-refractivity contribution in [3.8, 4) is 0 Å². The average Bonchev–Trinajstić information content (AvgIpc) is 2.95. The zero-order valence-corrected chi connectivity index (χ0v) is 19.4. The topological polar surface area (TPSA) is 0 Å². The summed E-state index contributed by atoms with van der Waals surface area (Å²) >= 11 is 0. The summed E-state index contributed by atoms with van der Waals surface area (Å²) in [4.78, 5) is 0. The van der Waals surface area contributed by atoms with Crippen LogP contribution in [0.2, 0.25) is 0 Å². The van der Waals surface area contributed by atoms with E-state index in [1.807, 2.05) is 0 Å². The molecule has 0 nitrogen and oxygen atoms in total. The number of hydrogen-bond donors (Lipinski definition) is 0. The van der Waals surface area contributed by atoms with Crippen molar-refractivity contribution in [1.29, 1.82) is 0 Å². The molecular weight excluding hydrogens is 432 g/mol. The normalized spacial score (nSPS) is 13.0. The van der Waals surface area contributed by atoms with Crippen molar-refractivity contribution in [2.75, 3.05) is 0 Å². The highest BCUT2D eigenvalue weighted by Gasteiger charge is 2.24. The lowest BCUT2D eigenvalue weighted by molar-refractivity contribution is 1.80. The second-order valence-corrected chi connectivity index (χ2v) is 10.4. The van der Waals surface area contributed by atoms with Crippen molar-refractivity contribution in [1.82, 2.24) is 0 Å². The fourth-order valence-electron chi connectivity index (χ4n) is 7.59. The third kappa shape index (κ3) is 1.77. The van der Waals surface area contributed by atoms with Crippen LogP contribution in [0.1, 0.15) is 0 Å². The maximum Gasteiger partial charge on any atom is -0.0000929 e. The molecule has 0 aliphatic carbocycles. The van der Waals surface area contributed by atoms with Crippen LogP contribution in [-0.4, -0.2) is 0 Å². The smallest absolute Gasteiger partial charge is 0.0000929 e. The molecule has 10 aromatic rings. The van der Waals surface area contributed by atoms with Crippen molar-refractivity contribution < 1.29 is 0 Å². The Balaban J connectivity index is 1.76. The first-order valence-electron chi connectivity index (χ1n) is 12.7. The second kappa shape index (κ2) is 5.75. The zero-order valence-electron chi connectivity index (χ0n) is 19.4. The summed E-state index contributed by atoms with van der Waals surface area (Å²) in [6.45, 7) is 0. The molecule has 0 saturated carbocycles. The quantitative estimate of drug-likeness (QED) is 0.159. The lowest BCUT2D eigenvalue weighted by atomic mass is 9.78. The molecule has 0 saturated heterocycles. The summed E-state index contributed by atoms with van der Waals surface area (Å²) in [5.74, 6) is 0. The number of benzene rings is 10. The van der Waals surface area contributed by atoms with Gasteiger partial charge >= 0.3 is 0 Å². The van der Waals surface area contributed by atoms with Crippen LogP contribution in [0.3, 0.4) is 0 Å². The second-order valence-electron chi connectivity index (χ2n) is 10.4. The van der Waals surface area contributed by atoms with Crippen molar-refractivity contribution in [2.24, 2.45) is 0 Å². The Morgan fingerprint density at radius 3 is 0.861 bits per heavy atom. The molecule has 0 aromatic heterocycles. The van der Waals surface area contributed by atoms with Gasteiger partial charge in [0.2, 0.25) is 0 Å². The van der Waals surface area contributed by atoms with Gasteiger partial charge in [0.1, 0.15) is 0 Å². The van der Waals surface area contributed by atoms with Gasteiger partial charge in [-0.25, -0.2) is 0 Å². The molecule has 0 fully saturated rings. The Morgan fingerprint density at radius 1 is 0.194 bits per heavy atom. The van der Waals surface area contributed by atoms with Crippen molar-refractivity contribution >= 4 is 97.0 Å². The largest absolute Gasteiger partial charge is 0.0616 e. The Hall–Kier alpha value is -4.68.